The van der Waals surface area contributed by atoms with Crippen molar-refractivity contribution in [2.24, 2.45) is 0 Å². The van der Waals surface area contributed by atoms with E-state index in [0.717, 1.165) is 0 Å². The van der Waals surface area contributed by atoms with Gasteiger partial charge in [-0.2, -0.15) is 0 Å². The van der Waals surface area contributed by atoms with Crippen molar-refractivity contribution in [2.45, 2.75) is 13.0 Å². The third-order valence-corrected chi connectivity index (χ3v) is 3.51. The molecule has 0 saturated carbocycles. The Morgan fingerprint density at radius 3 is 2.14 bits per heavy atom. The van der Waals surface area contributed by atoms with Crippen LogP contribution in [0.5, 0.6) is 0 Å². The summed E-state index contributed by atoms with van der Waals surface area (Å²) in [6.45, 7) is 2.08. The number of halogens is 5. The molecule has 1 N–H and O–H groups in total. The Bertz CT molecular complexity index is 637. The summed E-state index contributed by atoms with van der Waals surface area (Å²) in [6, 6.07) is 4.33. The van der Waals surface area contributed by atoms with E-state index >= 15 is 0 Å². The van der Waals surface area contributed by atoms with Crippen LogP contribution < -0.4 is 5.32 Å². The van der Waals surface area contributed by atoms with Crippen LogP contribution in [0.3, 0.4) is 0 Å². The monoisotopic (exact) mass is 361 g/mol. The first kappa shape index (κ1) is 16.0. The Labute approximate surface area is 128 Å². The molecule has 1 atom stereocenters. The van der Waals surface area contributed by atoms with Crippen LogP contribution in [0.1, 0.15) is 24.1 Å². The molecule has 21 heavy (non-hydrogen) atoms. The van der Waals surface area contributed by atoms with Crippen LogP contribution in [-0.2, 0) is 0 Å². The van der Waals surface area contributed by atoms with Gasteiger partial charge in [0.05, 0.1) is 6.04 Å². The summed E-state index contributed by atoms with van der Waals surface area (Å²) in [5.74, 6) is -3.74. The van der Waals surface area contributed by atoms with Gasteiger partial charge in [0, 0.05) is 27.7 Å². The summed E-state index contributed by atoms with van der Waals surface area (Å²) in [6.07, 6.45) is 0. The molecule has 0 radical (unpaired) electrons. The van der Waals surface area contributed by atoms with Crippen LogP contribution >= 0.6 is 15.9 Å². The predicted molar refractivity (Wildman–Crippen MR) is 75.9 cm³/mol. The van der Waals surface area contributed by atoms with E-state index < -0.39 is 34.9 Å². The van der Waals surface area contributed by atoms with Crippen LogP contribution in [0.2, 0.25) is 0 Å². The third kappa shape index (κ3) is 3.44. The smallest absolute Gasteiger partial charge is 0.134 e. The van der Waals surface area contributed by atoms with E-state index in [1.165, 1.54) is 12.1 Å². The van der Waals surface area contributed by atoms with Gasteiger partial charge in [-0.3, -0.25) is 0 Å². The molecule has 0 fully saturated rings. The third-order valence-electron chi connectivity index (χ3n) is 3.01. The molecule has 2 aromatic carbocycles. The predicted octanol–water partition coefficient (Wildman–Crippen LogP) is 4.70. The Morgan fingerprint density at radius 1 is 1.00 bits per heavy atom. The molecular weight excluding hydrogens is 350 g/mol. The molecule has 1 nitrogen and oxygen atoms in total. The molecule has 0 spiro atoms. The van der Waals surface area contributed by atoms with Crippen molar-refractivity contribution < 1.29 is 17.6 Å². The van der Waals surface area contributed by atoms with Gasteiger partial charge in [0.1, 0.15) is 23.3 Å². The fourth-order valence-corrected chi connectivity index (χ4v) is 2.47. The van der Waals surface area contributed by atoms with E-state index in [1.54, 1.807) is 13.0 Å². The second-order valence-electron chi connectivity index (χ2n) is 4.44. The van der Waals surface area contributed by atoms with Crippen molar-refractivity contribution in [3.63, 3.8) is 0 Å². The topological polar surface area (TPSA) is 12.0 Å². The molecule has 2 rings (SSSR count). The summed E-state index contributed by atoms with van der Waals surface area (Å²) < 4.78 is 55.4. The van der Waals surface area contributed by atoms with Crippen LogP contribution in [0.15, 0.2) is 34.8 Å². The van der Waals surface area contributed by atoms with Gasteiger partial charge in [-0.15, -0.1) is 0 Å². The van der Waals surface area contributed by atoms with Crippen LogP contribution in [0.25, 0.3) is 0 Å². The van der Waals surface area contributed by atoms with Crippen molar-refractivity contribution in [1.29, 1.82) is 0 Å². The minimum Gasteiger partial charge on any atom is -0.306 e. The normalized spacial score (nSPS) is 12.5. The quantitative estimate of drug-likeness (QED) is 0.778. The molecule has 0 saturated heterocycles. The number of rotatable bonds is 4. The van der Waals surface area contributed by atoms with Crippen LogP contribution in [0, 0.1) is 23.3 Å². The SMILES string of the molecule is CCNC(c1ccc(Br)cc1F)c1c(F)cc(F)cc1F. The number of hydrogen-bond acceptors (Lipinski definition) is 1. The lowest BCUT2D eigenvalue weighted by atomic mass is 9.97. The lowest BCUT2D eigenvalue weighted by Gasteiger charge is -2.21. The van der Waals surface area contributed by atoms with Crippen molar-refractivity contribution in [3.05, 3.63) is 69.2 Å². The molecule has 0 amide bonds. The molecular formula is C15H12BrF4N. The molecule has 0 aliphatic rings. The van der Waals surface area contributed by atoms with Gasteiger partial charge in [-0.1, -0.05) is 28.9 Å². The van der Waals surface area contributed by atoms with Gasteiger partial charge in [-0.05, 0) is 18.7 Å². The summed E-state index contributed by atoms with van der Waals surface area (Å²) in [4.78, 5) is 0. The Morgan fingerprint density at radius 2 is 1.62 bits per heavy atom. The standard InChI is InChI=1S/C15H12BrF4N/c1-2-21-15(10-4-3-8(16)5-11(10)18)14-12(19)6-9(17)7-13(14)20/h3-7,15,21H,2H2,1H3. The van der Waals surface area contributed by atoms with E-state index in [1.807, 2.05) is 0 Å². The average molecular weight is 362 g/mol. The molecule has 2 aromatic rings. The maximum Gasteiger partial charge on any atom is 0.134 e. The van der Waals surface area contributed by atoms with Gasteiger partial charge in [-0.25, -0.2) is 17.6 Å². The highest BCUT2D eigenvalue weighted by atomic mass is 79.9. The van der Waals surface area contributed by atoms with E-state index in [0.29, 0.717) is 23.2 Å². The molecule has 112 valence electrons. The zero-order valence-electron chi connectivity index (χ0n) is 11.1. The van der Waals surface area contributed by atoms with Gasteiger partial charge >= 0.3 is 0 Å². The lowest BCUT2D eigenvalue weighted by molar-refractivity contribution is 0.481. The van der Waals surface area contributed by atoms with Crippen molar-refractivity contribution in [3.8, 4) is 0 Å². The van der Waals surface area contributed by atoms with E-state index in [2.05, 4.69) is 21.2 Å². The van der Waals surface area contributed by atoms with E-state index in [4.69, 9.17) is 0 Å². The van der Waals surface area contributed by atoms with Crippen LogP contribution in [0.4, 0.5) is 17.6 Å². The molecule has 0 aliphatic heterocycles. The number of benzene rings is 2. The molecule has 0 heterocycles. The van der Waals surface area contributed by atoms with Gasteiger partial charge in [0.25, 0.3) is 0 Å². The first-order valence-corrected chi connectivity index (χ1v) is 7.06. The number of nitrogens with one attached hydrogen (secondary N) is 1. The van der Waals surface area contributed by atoms with Crippen molar-refractivity contribution >= 4 is 15.9 Å². The van der Waals surface area contributed by atoms with Gasteiger partial charge in [0.2, 0.25) is 0 Å². The Kier molecular flexibility index (Phi) is 5.00. The molecule has 0 bridgehead atoms. The van der Waals surface area contributed by atoms with Crippen LogP contribution in [-0.4, -0.2) is 6.54 Å². The second-order valence-corrected chi connectivity index (χ2v) is 5.36. The van der Waals surface area contributed by atoms with Gasteiger partial charge in [0.15, 0.2) is 0 Å². The molecule has 0 aliphatic carbocycles. The zero-order valence-corrected chi connectivity index (χ0v) is 12.6. The molecule has 6 heteroatoms. The minimum atomic E-state index is -1.05. The lowest BCUT2D eigenvalue weighted by Crippen LogP contribution is -2.25. The summed E-state index contributed by atoms with van der Waals surface area (Å²) in [7, 11) is 0. The summed E-state index contributed by atoms with van der Waals surface area (Å²) >= 11 is 3.12. The summed E-state index contributed by atoms with van der Waals surface area (Å²) in [5.41, 5.74) is -0.316. The molecule has 1 unspecified atom stereocenters. The highest BCUT2D eigenvalue weighted by molar-refractivity contribution is 9.10. The number of hydrogen-bond donors (Lipinski definition) is 1. The fraction of sp³-hybridized carbons (Fsp3) is 0.200. The van der Waals surface area contributed by atoms with E-state index in [9.17, 15) is 17.6 Å². The van der Waals surface area contributed by atoms with Crippen molar-refractivity contribution in [2.75, 3.05) is 6.54 Å². The highest BCUT2D eigenvalue weighted by Crippen LogP contribution is 2.30. The second kappa shape index (κ2) is 6.58. The maximum absolute atomic E-state index is 14.1. The van der Waals surface area contributed by atoms with Crippen molar-refractivity contribution in [1.82, 2.24) is 5.32 Å². The highest BCUT2D eigenvalue weighted by Gasteiger charge is 2.24. The largest absolute Gasteiger partial charge is 0.306 e. The first-order chi connectivity index (χ1) is 9.93. The average Bonchev–Trinajstić information content (AvgIpc) is 2.37. The Balaban J connectivity index is 2.59. The fourth-order valence-electron chi connectivity index (χ4n) is 2.14. The van der Waals surface area contributed by atoms with Gasteiger partial charge < -0.3 is 5.32 Å². The Hall–Kier alpha value is -1.40. The zero-order chi connectivity index (χ0) is 15.6. The van der Waals surface area contributed by atoms with E-state index in [-0.39, 0.29) is 5.56 Å². The summed E-state index contributed by atoms with van der Waals surface area (Å²) in [5, 5.41) is 2.82. The molecule has 0 aromatic heterocycles. The first-order valence-electron chi connectivity index (χ1n) is 6.26. The minimum absolute atomic E-state index is 0.0875. The maximum atomic E-state index is 14.1.